The van der Waals surface area contributed by atoms with E-state index in [2.05, 4.69) is 13.8 Å². The molecule has 4 aliphatic rings. The van der Waals surface area contributed by atoms with Gasteiger partial charge in [0.1, 0.15) is 11.9 Å². The minimum Gasteiger partial charge on any atom is -0.456 e. The summed E-state index contributed by atoms with van der Waals surface area (Å²) in [6, 6.07) is 0. The molecule has 7 atom stereocenters. The lowest BCUT2D eigenvalue weighted by Crippen LogP contribution is -2.72. The summed E-state index contributed by atoms with van der Waals surface area (Å²) in [4.78, 5) is 25.2. The van der Waals surface area contributed by atoms with Gasteiger partial charge in [0.15, 0.2) is 17.0 Å². The van der Waals surface area contributed by atoms with E-state index in [1.807, 2.05) is 6.92 Å². The van der Waals surface area contributed by atoms with Crippen molar-refractivity contribution >= 4 is 11.8 Å². The molecule has 140 valence electrons. The molecular formula is C19H28O6. The van der Waals surface area contributed by atoms with Crippen molar-refractivity contribution in [2.45, 2.75) is 83.6 Å². The molecule has 6 nitrogen and oxygen atoms in total. The molecule has 2 aliphatic heterocycles. The minimum absolute atomic E-state index is 0.0384. The average molecular weight is 352 g/mol. The molecule has 1 N–H and O–H groups in total. The van der Waals surface area contributed by atoms with E-state index < -0.39 is 35.2 Å². The van der Waals surface area contributed by atoms with Crippen LogP contribution in [0, 0.1) is 23.2 Å². The van der Waals surface area contributed by atoms with Crippen molar-refractivity contribution in [3.63, 3.8) is 0 Å². The van der Waals surface area contributed by atoms with E-state index in [0.29, 0.717) is 12.8 Å². The summed E-state index contributed by atoms with van der Waals surface area (Å²) in [5.74, 6) is -1.84. The quantitative estimate of drug-likeness (QED) is 0.670. The summed E-state index contributed by atoms with van der Waals surface area (Å²) < 4.78 is 17.8. The molecule has 4 fully saturated rings. The molecule has 2 heterocycles. The fraction of sp³-hybridized carbons (Fsp3) is 0.895. The van der Waals surface area contributed by atoms with Gasteiger partial charge in [0.25, 0.3) is 0 Å². The highest BCUT2D eigenvalue weighted by molar-refractivity contribution is 5.87. The van der Waals surface area contributed by atoms with E-state index in [4.69, 9.17) is 14.2 Å². The Morgan fingerprint density at radius 1 is 1.12 bits per heavy atom. The number of carbonyl (C=O) groups excluding carboxylic acids is 2. The highest BCUT2D eigenvalue weighted by Crippen LogP contribution is 2.61. The van der Waals surface area contributed by atoms with E-state index in [0.717, 1.165) is 0 Å². The van der Waals surface area contributed by atoms with Crippen LogP contribution in [-0.2, 0) is 23.8 Å². The monoisotopic (exact) mass is 352 g/mol. The second kappa shape index (κ2) is 4.65. The van der Waals surface area contributed by atoms with Gasteiger partial charge in [-0.3, -0.25) is 4.79 Å². The highest BCUT2D eigenvalue weighted by atomic mass is 16.8. The third-order valence-electron chi connectivity index (χ3n) is 7.22. The Bertz CT molecular complexity index is 654. The Hall–Kier alpha value is -0.980. The third-order valence-corrected chi connectivity index (χ3v) is 7.22. The van der Waals surface area contributed by atoms with Crippen LogP contribution >= 0.6 is 0 Å². The lowest BCUT2D eigenvalue weighted by atomic mass is 9.70. The van der Waals surface area contributed by atoms with Gasteiger partial charge in [-0.05, 0) is 38.5 Å². The first-order valence-corrected chi connectivity index (χ1v) is 9.18. The second-order valence-corrected chi connectivity index (χ2v) is 9.63. The van der Waals surface area contributed by atoms with Gasteiger partial charge in [-0.15, -0.1) is 0 Å². The van der Waals surface area contributed by atoms with E-state index in [1.54, 1.807) is 20.8 Å². The number of ether oxygens (including phenoxy) is 3. The van der Waals surface area contributed by atoms with Gasteiger partial charge in [-0.1, -0.05) is 20.8 Å². The van der Waals surface area contributed by atoms with Crippen LogP contribution < -0.4 is 0 Å². The topological polar surface area (TPSA) is 82.1 Å². The second-order valence-electron chi connectivity index (χ2n) is 9.63. The largest absolute Gasteiger partial charge is 0.456 e. The van der Waals surface area contributed by atoms with Crippen molar-refractivity contribution in [2.75, 3.05) is 0 Å². The molecule has 0 bridgehead atoms. The number of hydrogen-bond acceptors (Lipinski definition) is 6. The number of fused-ring (bicyclic) bond motifs is 2. The Morgan fingerprint density at radius 3 is 2.40 bits per heavy atom. The zero-order valence-electron chi connectivity index (χ0n) is 15.8. The first kappa shape index (κ1) is 17.4. The maximum atomic E-state index is 12.8. The number of hydrogen-bond donors (Lipinski definition) is 1. The van der Waals surface area contributed by atoms with Gasteiger partial charge in [-0.2, -0.15) is 0 Å². The van der Waals surface area contributed by atoms with Crippen molar-refractivity contribution in [3.05, 3.63) is 0 Å². The summed E-state index contributed by atoms with van der Waals surface area (Å²) in [6.07, 6.45) is -0.392. The van der Waals surface area contributed by atoms with E-state index in [-0.39, 0.29) is 29.0 Å². The van der Waals surface area contributed by atoms with Crippen LogP contribution in [0.25, 0.3) is 0 Å². The molecule has 2 saturated heterocycles. The molecule has 0 spiro atoms. The number of rotatable bonds is 0. The SMILES string of the molecule is C[C@H]1C(=O)C[C@H]2[C@@H]1[C@@H]1OC(=O)[C@@]3(C)OC(C)(C)O[C@@H](CC2(C)C)[C@@]13O. The summed E-state index contributed by atoms with van der Waals surface area (Å²) >= 11 is 0. The van der Waals surface area contributed by atoms with Crippen LogP contribution in [-0.4, -0.2) is 46.1 Å². The van der Waals surface area contributed by atoms with Gasteiger partial charge >= 0.3 is 5.97 Å². The van der Waals surface area contributed by atoms with Crippen LogP contribution in [0.5, 0.6) is 0 Å². The molecule has 0 amide bonds. The minimum atomic E-state index is -1.60. The molecule has 0 aromatic heterocycles. The Balaban J connectivity index is 1.91. The van der Waals surface area contributed by atoms with Gasteiger partial charge < -0.3 is 19.3 Å². The number of Topliss-reactive ketones (excluding diaryl/α,β-unsaturated/α-hetero) is 1. The van der Waals surface area contributed by atoms with Gasteiger partial charge in [0.05, 0.1) is 6.10 Å². The van der Waals surface area contributed by atoms with Gasteiger partial charge in [-0.25, -0.2) is 4.79 Å². The molecule has 4 rings (SSSR count). The molecule has 25 heavy (non-hydrogen) atoms. The van der Waals surface area contributed by atoms with Crippen LogP contribution in [0.1, 0.15) is 54.4 Å². The molecule has 0 aromatic carbocycles. The van der Waals surface area contributed by atoms with Crippen molar-refractivity contribution in [1.29, 1.82) is 0 Å². The standard InChI is InChI=1S/C19H28O6/c1-9-11(20)7-10-13(9)14-19(22)12(8-16(10,2)3)24-17(4,5)25-18(19,6)15(21)23-14/h9-10,12-14,22H,7-8H2,1-6H3/t9-,10-,12-,13+,14-,18+,19+/m0/s1. The normalized spacial score (nSPS) is 53.0. The van der Waals surface area contributed by atoms with E-state index in [9.17, 15) is 14.7 Å². The zero-order chi connectivity index (χ0) is 18.6. The van der Waals surface area contributed by atoms with Crippen LogP contribution in [0.4, 0.5) is 0 Å². The van der Waals surface area contributed by atoms with Crippen LogP contribution in [0.3, 0.4) is 0 Å². The predicted octanol–water partition coefficient (Wildman–Crippen LogP) is 1.82. The lowest BCUT2D eigenvalue weighted by Gasteiger charge is -2.53. The lowest BCUT2D eigenvalue weighted by molar-refractivity contribution is -0.383. The summed E-state index contributed by atoms with van der Waals surface area (Å²) in [7, 11) is 0. The number of esters is 1. The van der Waals surface area contributed by atoms with E-state index >= 15 is 0 Å². The smallest absolute Gasteiger partial charge is 0.341 e. The Morgan fingerprint density at radius 2 is 1.76 bits per heavy atom. The molecule has 0 unspecified atom stereocenters. The Kier molecular flexibility index (Phi) is 3.24. The first-order valence-electron chi connectivity index (χ1n) is 9.18. The van der Waals surface area contributed by atoms with E-state index in [1.165, 1.54) is 0 Å². The Labute approximate surface area is 148 Å². The van der Waals surface area contributed by atoms with Crippen molar-refractivity contribution in [1.82, 2.24) is 0 Å². The highest BCUT2D eigenvalue weighted by Gasteiger charge is 2.78. The van der Waals surface area contributed by atoms with Gasteiger partial charge in [0.2, 0.25) is 0 Å². The molecule has 0 aromatic rings. The van der Waals surface area contributed by atoms with Gasteiger partial charge in [0, 0.05) is 18.3 Å². The number of ketones is 1. The summed E-state index contributed by atoms with van der Waals surface area (Å²) in [5.41, 5.74) is -3.33. The fourth-order valence-corrected chi connectivity index (χ4v) is 5.89. The van der Waals surface area contributed by atoms with Crippen LogP contribution in [0.2, 0.25) is 0 Å². The third kappa shape index (κ3) is 1.96. The summed E-state index contributed by atoms with van der Waals surface area (Å²) in [6.45, 7) is 11.2. The fourth-order valence-electron chi connectivity index (χ4n) is 5.89. The average Bonchev–Trinajstić information content (AvgIpc) is 2.83. The van der Waals surface area contributed by atoms with Crippen molar-refractivity contribution in [2.24, 2.45) is 23.2 Å². The number of aliphatic hydroxyl groups is 1. The molecule has 6 heteroatoms. The molecule has 0 radical (unpaired) electrons. The maximum absolute atomic E-state index is 12.8. The molecular weight excluding hydrogens is 324 g/mol. The number of carbonyl (C=O) groups is 2. The maximum Gasteiger partial charge on any atom is 0.341 e. The summed E-state index contributed by atoms with van der Waals surface area (Å²) in [5, 5.41) is 11.8. The predicted molar refractivity (Wildman–Crippen MR) is 87.4 cm³/mol. The first-order chi connectivity index (χ1) is 11.3. The molecule has 2 saturated carbocycles. The van der Waals surface area contributed by atoms with Crippen molar-refractivity contribution < 1.29 is 28.9 Å². The van der Waals surface area contributed by atoms with Crippen molar-refractivity contribution in [3.8, 4) is 0 Å². The van der Waals surface area contributed by atoms with Crippen LogP contribution in [0.15, 0.2) is 0 Å². The molecule has 2 aliphatic carbocycles. The zero-order valence-corrected chi connectivity index (χ0v) is 15.8.